The molecule has 1 aromatic rings. The third kappa shape index (κ3) is 4.19. The predicted octanol–water partition coefficient (Wildman–Crippen LogP) is 1.49. The molecule has 7 heteroatoms. The molecule has 1 aromatic carbocycles. The fraction of sp³-hybridized carbons (Fsp3) is 0.357. The van der Waals surface area contributed by atoms with E-state index in [0.717, 1.165) is 0 Å². The van der Waals surface area contributed by atoms with E-state index in [1.807, 2.05) is 0 Å². The van der Waals surface area contributed by atoms with E-state index in [4.69, 9.17) is 16.3 Å². The number of hydrogen-bond acceptors (Lipinski definition) is 4. The van der Waals surface area contributed by atoms with Crippen molar-refractivity contribution in [3.8, 4) is 0 Å². The molecule has 21 heavy (non-hydrogen) atoms. The first-order chi connectivity index (χ1) is 9.95. The van der Waals surface area contributed by atoms with E-state index in [1.54, 1.807) is 24.3 Å². The monoisotopic (exact) mass is 310 g/mol. The molecule has 1 heterocycles. The van der Waals surface area contributed by atoms with Crippen LogP contribution in [-0.4, -0.2) is 29.9 Å². The Morgan fingerprint density at radius 3 is 2.86 bits per heavy atom. The van der Waals surface area contributed by atoms with E-state index in [0.29, 0.717) is 23.6 Å². The van der Waals surface area contributed by atoms with Crippen molar-refractivity contribution in [3.63, 3.8) is 0 Å². The van der Waals surface area contributed by atoms with Gasteiger partial charge in [0.15, 0.2) is 6.10 Å². The standard InChI is InChI=1S/C14H15ClN2O4/c1-8(21-14(20)11-5-6-12(18)17-11)13(19)16-10-4-2-3-9(15)7-10/h2-4,7-8,11H,5-6H2,1H3,(H,16,19)(H,17,18). The van der Waals surface area contributed by atoms with Crippen molar-refractivity contribution in [3.05, 3.63) is 29.3 Å². The zero-order valence-electron chi connectivity index (χ0n) is 11.4. The lowest BCUT2D eigenvalue weighted by Crippen LogP contribution is -2.39. The summed E-state index contributed by atoms with van der Waals surface area (Å²) < 4.78 is 5.05. The Hall–Kier alpha value is -2.08. The van der Waals surface area contributed by atoms with Gasteiger partial charge >= 0.3 is 5.97 Å². The van der Waals surface area contributed by atoms with Gasteiger partial charge in [0.05, 0.1) is 0 Å². The average Bonchev–Trinajstić information content (AvgIpc) is 2.85. The number of rotatable bonds is 4. The second-order valence-electron chi connectivity index (χ2n) is 4.74. The topological polar surface area (TPSA) is 84.5 Å². The minimum absolute atomic E-state index is 0.187. The lowest BCUT2D eigenvalue weighted by molar-refractivity contribution is -0.155. The molecule has 112 valence electrons. The maximum absolute atomic E-state index is 11.9. The molecule has 2 atom stereocenters. The molecule has 1 aliphatic rings. The van der Waals surface area contributed by atoms with Crippen LogP contribution in [0, 0.1) is 0 Å². The van der Waals surface area contributed by atoms with Crippen LogP contribution in [0.5, 0.6) is 0 Å². The van der Waals surface area contributed by atoms with Crippen LogP contribution in [0.1, 0.15) is 19.8 Å². The van der Waals surface area contributed by atoms with E-state index < -0.39 is 24.0 Å². The number of ether oxygens (including phenoxy) is 1. The van der Waals surface area contributed by atoms with Crippen LogP contribution >= 0.6 is 11.6 Å². The quantitative estimate of drug-likeness (QED) is 0.825. The molecule has 1 saturated heterocycles. The zero-order chi connectivity index (χ0) is 15.4. The minimum atomic E-state index is -0.964. The summed E-state index contributed by atoms with van der Waals surface area (Å²) in [5.74, 6) is -1.25. The molecule has 2 N–H and O–H groups in total. The Morgan fingerprint density at radius 2 is 2.24 bits per heavy atom. The summed E-state index contributed by atoms with van der Waals surface area (Å²) in [6, 6.07) is 5.98. The van der Waals surface area contributed by atoms with E-state index in [9.17, 15) is 14.4 Å². The lowest BCUT2D eigenvalue weighted by atomic mass is 10.2. The Labute approximate surface area is 126 Å². The minimum Gasteiger partial charge on any atom is -0.451 e. The van der Waals surface area contributed by atoms with Crippen molar-refractivity contribution >= 4 is 35.1 Å². The zero-order valence-corrected chi connectivity index (χ0v) is 12.1. The molecule has 2 unspecified atom stereocenters. The van der Waals surface area contributed by atoms with Gasteiger partial charge in [-0.3, -0.25) is 9.59 Å². The van der Waals surface area contributed by atoms with Gasteiger partial charge in [-0.1, -0.05) is 17.7 Å². The number of benzene rings is 1. The predicted molar refractivity (Wildman–Crippen MR) is 76.8 cm³/mol. The summed E-state index contributed by atoms with van der Waals surface area (Å²) in [5, 5.41) is 5.58. The smallest absolute Gasteiger partial charge is 0.329 e. The highest BCUT2D eigenvalue weighted by Crippen LogP contribution is 2.15. The van der Waals surface area contributed by atoms with Gasteiger partial charge in [0.25, 0.3) is 5.91 Å². The first kappa shape index (κ1) is 15.3. The Kier molecular flexibility index (Phi) is 4.80. The van der Waals surface area contributed by atoms with Crippen molar-refractivity contribution < 1.29 is 19.1 Å². The van der Waals surface area contributed by atoms with Crippen LogP contribution in [0.15, 0.2) is 24.3 Å². The molecular formula is C14H15ClN2O4. The number of amides is 2. The fourth-order valence-electron chi connectivity index (χ4n) is 1.91. The second-order valence-corrected chi connectivity index (χ2v) is 5.17. The first-order valence-corrected chi connectivity index (χ1v) is 6.90. The molecule has 6 nitrogen and oxygen atoms in total. The molecule has 0 spiro atoms. The third-order valence-corrected chi connectivity index (χ3v) is 3.27. The number of hydrogen-bond donors (Lipinski definition) is 2. The summed E-state index contributed by atoms with van der Waals surface area (Å²) in [5.41, 5.74) is 0.518. The number of halogens is 1. The number of anilines is 1. The number of carbonyl (C=O) groups excluding carboxylic acids is 3. The summed E-state index contributed by atoms with van der Waals surface area (Å²) in [6.07, 6.45) is -0.280. The van der Waals surface area contributed by atoms with Crippen LogP contribution in [0.2, 0.25) is 5.02 Å². The average molecular weight is 311 g/mol. The molecule has 0 saturated carbocycles. The fourth-order valence-corrected chi connectivity index (χ4v) is 2.10. The Bertz CT molecular complexity index is 576. The van der Waals surface area contributed by atoms with Gasteiger partial charge < -0.3 is 15.4 Å². The highest BCUT2D eigenvalue weighted by molar-refractivity contribution is 6.30. The molecule has 0 bridgehead atoms. The number of carbonyl (C=O) groups is 3. The normalized spacial score (nSPS) is 18.8. The van der Waals surface area contributed by atoms with E-state index in [-0.39, 0.29) is 5.91 Å². The highest BCUT2D eigenvalue weighted by atomic mass is 35.5. The summed E-state index contributed by atoms with van der Waals surface area (Å²) in [6.45, 7) is 1.47. The summed E-state index contributed by atoms with van der Waals surface area (Å²) in [4.78, 5) is 34.7. The van der Waals surface area contributed by atoms with Gasteiger partial charge in [-0.25, -0.2) is 4.79 Å². The lowest BCUT2D eigenvalue weighted by Gasteiger charge is -2.16. The molecule has 0 aromatic heterocycles. The van der Waals surface area contributed by atoms with Gasteiger partial charge in [-0.05, 0) is 31.5 Å². The Morgan fingerprint density at radius 1 is 1.48 bits per heavy atom. The van der Waals surface area contributed by atoms with Crippen LogP contribution in [0.25, 0.3) is 0 Å². The SMILES string of the molecule is CC(OC(=O)C1CCC(=O)N1)C(=O)Nc1cccc(Cl)c1. The van der Waals surface area contributed by atoms with Crippen molar-refractivity contribution in [1.82, 2.24) is 5.32 Å². The maximum atomic E-state index is 11.9. The third-order valence-electron chi connectivity index (χ3n) is 3.03. The van der Waals surface area contributed by atoms with E-state index in [1.165, 1.54) is 6.92 Å². The van der Waals surface area contributed by atoms with Gasteiger partial charge in [0.1, 0.15) is 6.04 Å². The molecular weight excluding hydrogens is 296 g/mol. The molecule has 2 rings (SSSR count). The van der Waals surface area contributed by atoms with Crippen molar-refractivity contribution in [2.24, 2.45) is 0 Å². The first-order valence-electron chi connectivity index (χ1n) is 6.52. The largest absolute Gasteiger partial charge is 0.451 e. The van der Waals surface area contributed by atoms with Crippen LogP contribution < -0.4 is 10.6 Å². The van der Waals surface area contributed by atoms with E-state index >= 15 is 0 Å². The highest BCUT2D eigenvalue weighted by Gasteiger charge is 2.30. The molecule has 2 amide bonds. The van der Waals surface area contributed by atoms with Gasteiger partial charge in [0.2, 0.25) is 5.91 Å². The summed E-state index contributed by atoms with van der Waals surface area (Å²) in [7, 11) is 0. The van der Waals surface area contributed by atoms with Crippen molar-refractivity contribution in [1.29, 1.82) is 0 Å². The molecule has 1 aliphatic heterocycles. The van der Waals surface area contributed by atoms with Crippen molar-refractivity contribution in [2.45, 2.75) is 31.9 Å². The van der Waals surface area contributed by atoms with Crippen molar-refractivity contribution in [2.75, 3.05) is 5.32 Å². The van der Waals surface area contributed by atoms with E-state index in [2.05, 4.69) is 10.6 Å². The summed E-state index contributed by atoms with van der Waals surface area (Å²) >= 11 is 5.82. The second kappa shape index (κ2) is 6.58. The number of esters is 1. The van der Waals surface area contributed by atoms with Crippen LogP contribution in [0.4, 0.5) is 5.69 Å². The molecule has 0 aliphatic carbocycles. The van der Waals surface area contributed by atoms with Gasteiger partial charge in [-0.2, -0.15) is 0 Å². The maximum Gasteiger partial charge on any atom is 0.329 e. The van der Waals surface area contributed by atoms with Crippen LogP contribution in [0.3, 0.4) is 0 Å². The van der Waals surface area contributed by atoms with Gasteiger partial charge in [-0.15, -0.1) is 0 Å². The molecule has 1 fully saturated rings. The van der Waals surface area contributed by atoms with Crippen LogP contribution in [-0.2, 0) is 19.1 Å². The Balaban J connectivity index is 1.87. The molecule has 0 radical (unpaired) electrons. The van der Waals surface area contributed by atoms with Gasteiger partial charge in [0, 0.05) is 17.1 Å². The number of nitrogens with one attached hydrogen (secondary N) is 2.